The first-order chi connectivity index (χ1) is 10.2. The fourth-order valence-corrected chi connectivity index (χ4v) is 2.33. The number of aryl methyl sites for hydroxylation is 2. The van der Waals surface area contributed by atoms with Gasteiger partial charge in [-0.05, 0) is 43.5 Å². The summed E-state index contributed by atoms with van der Waals surface area (Å²) in [5, 5.41) is 0. The van der Waals surface area contributed by atoms with Crippen LogP contribution in [0.25, 0.3) is 0 Å². The van der Waals surface area contributed by atoms with Gasteiger partial charge in [-0.1, -0.05) is 42.0 Å². The average Bonchev–Trinajstić information content (AvgIpc) is 2.51. The van der Waals surface area contributed by atoms with Gasteiger partial charge in [0.15, 0.2) is 11.5 Å². The van der Waals surface area contributed by atoms with Gasteiger partial charge in [-0.15, -0.1) is 0 Å². The SMILES string of the molecule is COc1cccc(CCCN)c1OCc1cccc(C)c1. The molecule has 0 bridgehead atoms. The molecule has 0 aliphatic rings. The number of nitrogens with two attached hydrogens (primary N) is 1. The number of methoxy groups -OCH3 is 1. The molecule has 0 saturated heterocycles. The summed E-state index contributed by atoms with van der Waals surface area (Å²) < 4.78 is 11.5. The minimum Gasteiger partial charge on any atom is -0.493 e. The van der Waals surface area contributed by atoms with Gasteiger partial charge < -0.3 is 15.2 Å². The summed E-state index contributed by atoms with van der Waals surface area (Å²) in [6.07, 6.45) is 1.84. The van der Waals surface area contributed by atoms with E-state index in [4.69, 9.17) is 15.2 Å². The molecular formula is C18H23NO2. The molecule has 0 fully saturated rings. The first kappa shape index (κ1) is 15.4. The Kier molecular flexibility index (Phi) is 5.64. The van der Waals surface area contributed by atoms with Gasteiger partial charge >= 0.3 is 0 Å². The maximum atomic E-state index is 6.03. The predicted molar refractivity (Wildman–Crippen MR) is 85.9 cm³/mol. The highest BCUT2D eigenvalue weighted by Gasteiger charge is 2.10. The third-order valence-corrected chi connectivity index (χ3v) is 3.40. The highest BCUT2D eigenvalue weighted by atomic mass is 16.5. The average molecular weight is 285 g/mol. The van der Waals surface area contributed by atoms with Crippen molar-refractivity contribution in [1.82, 2.24) is 0 Å². The number of rotatable bonds is 7. The lowest BCUT2D eigenvalue weighted by Crippen LogP contribution is -2.04. The second-order valence-electron chi connectivity index (χ2n) is 5.12. The van der Waals surface area contributed by atoms with Crippen molar-refractivity contribution >= 4 is 0 Å². The van der Waals surface area contributed by atoms with Crippen LogP contribution in [0.2, 0.25) is 0 Å². The van der Waals surface area contributed by atoms with Crippen LogP contribution in [0.1, 0.15) is 23.1 Å². The predicted octanol–water partition coefficient (Wildman–Crippen LogP) is 3.47. The topological polar surface area (TPSA) is 44.5 Å². The molecule has 0 aliphatic heterocycles. The van der Waals surface area contributed by atoms with Gasteiger partial charge in [0.25, 0.3) is 0 Å². The Morgan fingerprint density at radius 2 is 1.90 bits per heavy atom. The first-order valence-electron chi connectivity index (χ1n) is 7.29. The van der Waals surface area contributed by atoms with Crippen LogP contribution in [0.4, 0.5) is 0 Å². The van der Waals surface area contributed by atoms with Crippen molar-refractivity contribution in [1.29, 1.82) is 0 Å². The quantitative estimate of drug-likeness (QED) is 0.847. The fourth-order valence-electron chi connectivity index (χ4n) is 2.33. The molecule has 0 heterocycles. The van der Waals surface area contributed by atoms with E-state index < -0.39 is 0 Å². The van der Waals surface area contributed by atoms with E-state index in [0.29, 0.717) is 13.2 Å². The largest absolute Gasteiger partial charge is 0.493 e. The minimum atomic E-state index is 0.539. The molecule has 2 aromatic rings. The number of ether oxygens (including phenoxy) is 2. The van der Waals surface area contributed by atoms with Crippen LogP contribution in [0.15, 0.2) is 42.5 Å². The molecule has 0 spiro atoms. The molecule has 2 rings (SSSR count). The second kappa shape index (κ2) is 7.70. The van der Waals surface area contributed by atoms with Crippen LogP contribution >= 0.6 is 0 Å². The second-order valence-corrected chi connectivity index (χ2v) is 5.12. The summed E-state index contributed by atoms with van der Waals surface area (Å²) in [6, 6.07) is 14.3. The third kappa shape index (κ3) is 4.23. The molecular weight excluding hydrogens is 262 g/mol. The molecule has 0 unspecified atom stereocenters. The third-order valence-electron chi connectivity index (χ3n) is 3.40. The molecule has 0 aliphatic carbocycles. The zero-order valence-electron chi connectivity index (χ0n) is 12.8. The van der Waals surface area contributed by atoms with Crippen LogP contribution in [0.3, 0.4) is 0 Å². The molecule has 0 amide bonds. The number of hydrogen-bond donors (Lipinski definition) is 1. The van der Waals surface area contributed by atoms with E-state index in [9.17, 15) is 0 Å². The van der Waals surface area contributed by atoms with E-state index in [1.807, 2.05) is 18.2 Å². The molecule has 2 N–H and O–H groups in total. The van der Waals surface area contributed by atoms with Gasteiger partial charge in [-0.25, -0.2) is 0 Å². The van der Waals surface area contributed by atoms with Crippen molar-refractivity contribution in [3.05, 3.63) is 59.2 Å². The Morgan fingerprint density at radius 1 is 1.10 bits per heavy atom. The Labute approximate surface area is 126 Å². The molecule has 0 radical (unpaired) electrons. The smallest absolute Gasteiger partial charge is 0.164 e. The van der Waals surface area contributed by atoms with E-state index in [1.54, 1.807) is 7.11 Å². The van der Waals surface area contributed by atoms with Crippen molar-refractivity contribution in [3.8, 4) is 11.5 Å². The molecule has 3 nitrogen and oxygen atoms in total. The van der Waals surface area contributed by atoms with Crippen LogP contribution in [-0.2, 0) is 13.0 Å². The molecule has 0 aromatic heterocycles. The standard InChI is InChI=1S/C18H23NO2/c1-14-6-3-7-15(12-14)13-21-18-16(9-5-11-19)8-4-10-17(18)20-2/h3-4,6-8,10,12H,5,9,11,13,19H2,1-2H3. The van der Waals surface area contributed by atoms with E-state index in [-0.39, 0.29) is 0 Å². The Hall–Kier alpha value is -2.00. The van der Waals surface area contributed by atoms with Gasteiger partial charge in [-0.3, -0.25) is 0 Å². The van der Waals surface area contributed by atoms with Crippen molar-refractivity contribution in [2.24, 2.45) is 5.73 Å². The zero-order chi connectivity index (χ0) is 15.1. The lowest BCUT2D eigenvalue weighted by Gasteiger charge is -2.15. The van der Waals surface area contributed by atoms with Crippen LogP contribution in [0, 0.1) is 6.92 Å². The van der Waals surface area contributed by atoms with Crippen molar-refractivity contribution in [2.45, 2.75) is 26.4 Å². The summed E-state index contributed by atoms with van der Waals surface area (Å²) in [6.45, 7) is 3.30. The van der Waals surface area contributed by atoms with Crippen LogP contribution in [0.5, 0.6) is 11.5 Å². The summed E-state index contributed by atoms with van der Waals surface area (Å²) in [5.41, 5.74) is 9.15. The molecule has 0 atom stereocenters. The molecule has 2 aromatic carbocycles. The van der Waals surface area contributed by atoms with Crippen molar-refractivity contribution in [2.75, 3.05) is 13.7 Å². The van der Waals surface area contributed by atoms with E-state index in [1.165, 1.54) is 5.56 Å². The van der Waals surface area contributed by atoms with Crippen molar-refractivity contribution in [3.63, 3.8) is 0 Å². The van der Waals surface area contributed by atoms with E-state index in [0.717, 1.165) is 35.5 Å². The molecule has 0 saturated carbocycles. The zero-order valence-corrected chi connectivity index (χ0v) is 12.8. The maximum absolute atomic E-state index is 6.03. The lowest BCUT2D eigenvalue weighted by atomic mass is 10.1. The minimum absolute atomic E-state index is 0.539. The summed E-state index contributed by atoms with van der Waals surface area (Å²) in [5.74, 6) is 1.60. The summed E-state index contributed by atoms with van der Waals surface area (Å²) in [4.78, 5) is 0. The van der Waals surface area contributed by atoms with E-state index in [2.05, 4.69) is 31.2 Å². The van der Waals surface area contributed by atoms with Gasteiger partial charge in [0, 0.05) is 0 Å². The van der Waals surface area contributed by atoms with Gasteiger partial charge in [-0.2, -0.15) is 0 Å². The number of benzene rings is 2. The highest BCUT2D eigenvalue weighted by molar-refractivity contribution is 5.46. The summed E-state index contributed by atoms with van der Waals surface area (Å²) >= 11 is 0. The van der Waals surface area contributed by atoms with Crippen LogP contribution in [-0.4, -0.2) is 13.7 Å². The van der Waals surface area contributed by atoms with E-state index >= 15 is 0 Å². The summed E-state index contributed by atoms with van der Waals surface area (Å²) in [7, 11) is 1.67. The highest BCUT2D eigenvalue weighted by Crippen LogP contribution is 2.32. The van der Waals surface area contributed by atoms with Gasteiger partial charge in [0.05, 0.1) is 7.11 Å². The van der Waals surface area contributed by atoms with Gasteiger partial charge in [0.1, 0.15) is 6.61 Å². The fraction of sp³-hybridized carbons (Fsp3) is 0.333. The van der Waals surface area contributed by atoms with Crippen molar-refractivity contribution < 1.29 is 9.47 Å². The Bertz CT molecular complexity index is 581. The molecule has 21 heavy (non-hydrogen) atoms. The Balaban J connectivity index is 2.16. The number of hydrogen-bond acceptors (Lipinski definition) is 3. The lowest BCUT2D eigenvalue weighted by molar-refractivity contribution is 0.281. The number of para-hydroxylation sites is 1. The normalized spacial score (nSPS) is 10.4. The first-order valence-corrected chi connectivity index (χ1v) is 7.29. The van der Waals surface area contributed by atoms with Crippen LogP contribution < -0.4 is 15.2 Å². The molecule has 3 heteroatoms. The maximum Gasteiger partial charge on any atom is 0.164 e. The monoisotopic (exact) mass is 285 g/mol. The molecule has 112 valence electrons. The Morgan fingerprint density at radius 3 is 2.62 bits per heavy atom. The van der Waals surface area contributed by atoms with Gasteiger partial charge in [0.2, 0.25) is 0 Å².